The zero-order valence-corrected chi connectivity index (χ0v) is 11.6. The second kappa shape index (κ2) is 5.31. The first-order valence-electron chi connectivity index (χ1n) is 6.46. The zero-order valence-electron chi connectivity index (χ0n) is 10.8. The summed E-state index contributed by atoms with van der Waals surface area (Å²) in [6.07, 6.45) is 2.39. The summed E-state index contributed by atoms with van der Waals surface area (Å²) in [6.45, 7) is 1.50. The first kappa shape index (κ1) is 12.6. The lowest BCUT2D eigenvalue weighted by molar-refractivity contribution is 0.260. The Morgan fingerprint density at radius 1 is 1.26 bits per heavy atom. The number of hydrogen-bond donors (Lipinski definition) is 0. The summed E-state index contributed by atoms with van der Waals surface area (Å²) < 4.78 is 5.27. The Morgan fingerprint density at radius 2 is 2.00 bits per heavy atom. The lowest BCUT2D eigenvalue weighted by Crippen LogP contribution is -2.17. The van der Waals surface area contributed by atoms with Crippen LogP contribution in [0.15, 0.2) is 28.8 Å². The molecule has 1 saturated carbocycles. The topological polar surface area (TPSA) is 42.2 Å². The molecule has 0 N–H and O–H groups in total. The molecule has 3 rings (SSSR count). The lowest BCUT2D eigenvalue weighted by atomic mass is 10.2. The van der Waals surface area contributed by atoms with Gasteiger partial charge in [-0.1, -0.05) is 28.9 Å². The van der Waals surface area contributed by atoms with Crippen molar-refractivity contribution in [1.82, 2.24) is 15.0 Å². The minimum absolute atomic E-state index is 0.541. The molecule has 0 bridgehead atoms. The summed E-state index contributed by atoms with van der Waals surface area (Å²) in [5, 5.41) is 4.78. The number of benzene rings is 1. The normalized spacial score (nSPS) is 15.1. The van der Waals surface area contributed by atoms with Gasteiger partial charge in [0.25, 0.3) is 0 Å². The average Bonchev–Trinajstić information content (AvgIpc) is 3.14. The minimum atomic E-state index is 0.541. The van der Waals surface area contributed by atoms with E-state index >= 15 is 0 Å². The highest BCUT2D eigenvalue weighted by molar-refractivity contribution is 6.30. The van der Waals surface area contributed by atoms with Crippen LogP contribution in [-0.2, 0) is 13.1 Å². The molecule has 1 aliphatic rings. The van der Waals surface area contributed by atoms with Crippen LogP contribution in [0.25, 0.3) is 0 Å². The van der Waals surface area contributed by atoms with Gasteiger partial charge < -0.3 is 4.52 Å². The highest BCUT2D eigenvalue weighted by Gasteiger charge is 2.28. The molecule has 4 nitrogen and oxygen atoms in total. The lowest BCUT2D eigenvalue weighted by Gasteiger charge is -2.13. The molecule has 1 fully saturated rings. The third kappa shape index (κ3) is 3.33. The Bertz CT molecular complexity index is 548. The van der Waals surface area contributed by atoms with Gasteiger partial charge in [0.05, 0.1) is 6.54 Å². The highest BCUT2D eigenvalue weighted by atomic mass is 35.5. The first-order valence-corrected chi connectivity index (χ1v) is 6.84. The van der Waals surface area contributed by atoms with E-state index < -0.39 is 0 Å². The summed E-state index contributed by atoms with van der Waals surface area (Å²) in [6, 6.07) is 7.87. The predicted molar refractivity (Wildman–Crippen MR) is 72.9 cm³/mol. The fourth-order valence-corrected chi connectivity index (χ4v) is 2.15. The Hall–Kier alpha value is -1.39. The summed E-state index contributed by atoms with van der Waals surface area (Å²) >= 11 is 5.87. The van der Waals surface area contributed by atoms with Gasteiger partial charge in [-0.2, -0.15) is 4.98 Å². The number of nitrogens with zero attached hydrogens (tertiary/aromatic N) is 3. The molecule has 1 aromatic carbocycles. The minimum Gasteiger partial charge on any atom is -0.338 e. The average molecular weight is 278 g/mol. The second-order valence-corrected chi connectivity index (χ2v) is 5.56. The SMILES string of the molecule is CN(Cc1ccc(Cl)cc1)Cc1nc(C2CC2)no1. The van der Waals surface area contributed by atoms with Gasteiger partial charge in [0.15, 0.2) is 5.82 Å². The van der Waals surface area contributed by atoms with Gasteiger partial charge in [-0.15, -0.1) is 0 Å². The molecule has 0 aliphatic heterocycles. The molecule has 5 heteroatoms. The van der Waals surface area contributed by atoms with E-state index in [0.29, 0.717) is 18.4 Å². The molecule has 1 aliphatic carbocycles. The standard InChI is InChI=1S/C14H16ClN3O/c1-18(8-10-2-6-12(15)7-3-10)9-13-16-14(17-19-13)11-4-5-11/h2-3,6-7,11H,4-5,8-9H2,1H3. The van der Waals surface area contributed by atoms with E-state index in [9.17, 15) is 0 Å². The van der Waals surface area contributed by atoms with Crippen LogP contribution in [0.5, 0.6) is 0 Å². The third-order valence-electron chi connectivity index (χ3n) is 3.20. The maximum atomic E-state index is 5.87. The molecule has 1 aromatic heterocycles. The Morgan fingerprint density at radius 3 is 2.68 bits per heavy atom. The Kier molecular flexibility index (Phi) is 3.53. The van der Waals surface area contributed by atoms with Crippen LogP contribution in [0.3, 0.4) is 0 Å². The molecule has 100 valence electrons. The van der Waals surface area contributed by atoms with E-state index in [2.05, 4.69) is 15.0 Å². The van der Waals surface area contributed by atoms with Crippen molar-refractivity contribution in [2.24, 2.45) is 0 Å². The Labute approximate surface area is 117 Å². The van der Waals surface area contributed by atoms with Gasteiger partial charge >= 0.3 is 0 Å². The van der Waals surface area contributed by atoms with Crippen molar-refractivity contribution < 1.29 is 4.52 Å². The number of hydrogen-bond acceptors (Lipinski definition) is 4. The van der Waals surface area contributed by atoms with Crippen molar-refractivity contribution in [3.05, 3.63) is 46.6 Å². The van der Waals surface area contributed by atoms with Crippen LogP contribution in [0.1, 0.15) is 36.0 Å². The van der Waals surface area contributed by atoms with Gasteiger partial charge in [0.2, 0.25) is 5.89 Å². The molecular formula is C14H16ClN3O. The quantitative estimate of drug-likeness (QED) is 0.841. The summed E-state index contributed by atoms with van der Waals surface area (Å²) in [7, 11) is 2.04. The smallest absolute Gasteiger partial charge is 0.240 e. The Balaban J connectivity index is 1.57. The molecule has 0 saturated heterocycles. The van der Waals surface area contributed by atoms with E-state index in [1.165, 1.54) is 18.4 Å². The van der Waals surface area contributed by atoms with Crippen molar-refractivity contribution in [2.75, 3.05) is 7.05 Å². The number of rotatable bonds is 5. The largest absolute Gasteiger partial charge is 0.338 e. The van der Waals surface area contributed by atoms with E-state index in [1.807, 2.05) is 31.3 Å². The van der Waals surface area contributed by atoms with Crippen LogP contribution in [0.2, 0.25) is 5.02 Å². The van der Waals surface area contributed by atoms with Crippen LogP contribution in [0, 0.1) is 0 Å². The third-order valence-corrected chi connectivity index (χ3v) is 3.45. The highest BCUT2D eigenvalue weighted by Crippen LogP contribution is 2.38. The van der Waals surface area contributed by atoms with Crippen LogP contribution >= 0.6 is 11.6 Å². The van der Waals surface area contributed by atoms with Gasteiger partial charge in [-0.3, -0.25) is 4.90 Å². The number of halogens is 1. The van der Waals surface area contributed by atoms with Crippen molar-refractivity contribution in [3.8, 4) is 0 Å². The van der Waals surface area contributed by atoms with Crippen LogP contribution < -0.4 is 0 Å². The summed E-state index contributed by atoms with van der Waals surface area (Å²) in [5.74, 6) is 2.10. The molecule has 19 heavy (non-hydrogen) atoms. The molecule has 2 aromatic rings. The summed E-state index contributed by atoms with van der Waals surface area (Å²) in [5.41, 5.74) is 1.22. The maximum Gasteiger partial charge on any atom is 0.240 e. The fraction of sp³-hybridized carbons (Fsp3) is 0.429. The molecule has 0 radical (unpaired) electrons. The van der Waals surface area contributed by atoms with E-state index in [1.54, 1.807) is 0 Å². The van der Waals surface area contributed by atoms with Gasteiger partial charge in [-0.25, -0.2) is 0 Å². The fourth-order valence-electron chi connectivity index (χ4n) is 2.03. The van der Waals surface area contributed by atoms with Crippen molar-refractivity contribution in [1.29, 1.82) is 0 Å². The van der Waals surface area contributed by atoms with Gasteiger partial charge in [0.1, 0.15) is 0 Å². The molecule has 0 amide bonds. The molecule has 0 unspecified atom stereocenters. The van der Waals surface area contributed by atoms with E-state index in [4.69, 9.17) is 16.1 Å². The van der Waals surface area contributed by atoms with Crippen molar-refractivity contribution in [2.45, 2.75) is 31.8 Å². The summed E-state index contributed by atoms with van der Waals surface area (Å²) in [4.78, 5) is 6.57. The molecule has 1 heterocycles. The van der Waals surface area contributed by atoms with Crippen LogP contribution in [-0.4, -0.2) is 22.1 Å². The monoisotopic (exact) mass is 277 g/mol. The molecular weight excluding hydrogens is 262 g/mol. The molecule has 0 spiro atoms. The van der Waals surface area contributed by atoms with Crippen molar-refractivity contribution >= 4 is 11.6 Å². The van der Waals surface area contributed by atoms with Crippen molar-refractivity contribution in [3.63, 3.8) is 0 Å². The van der Waals surface area contributed by atoms with Gasteiger partial charge in [0, 0.05) is 17.5 Å². The first-order chi connectivity index (χ1) is 9.20. The number of aromatic nitrogens is 2. The maximum absolute atomic E-state index is 5.87. The predicted octanol–water partition coefficient (Wildman–Crippen LogP) is 3.23. The van der Waals surface area contributed by atoms with E-state index in [-0.39, 0.29) is 0 Å². The molecule has 0 atom stereocenters. The second-order valence-electron chi connectivity index (χ2n) is 5.12. The van der Waals surface area contributed by atoms with E-state index in [0.717, 1.165) is 17.4 Å². The van der Waals surface area contributed by atoms with Crippen LogP contribution in [0.4, 0.5) is 0 Å². The van der Waals surface area contributed by atoms with Gasteiger partial charge in [-0.05, 0) is 37.6 Å². The zero-order chi connectivity index (χ0) is 13.2.